The van der Waals surface area contributed by atoms with E-state index in [4.69, 9.17) is 4.74 Å². The second-order valence-electron chi connectivity index (χ2n) is 9.07. The molecule has 0 aromatic carbocycles. The van der Waals surface area contributed by atoms with Crippen molar-refractivity contribution >= 4 is 11.9 Å². The van der Waals surface area contributed by atoms with Gasteiger partial charge in [-0.05, 0) is 82.6 Å². The predicted molar refractivity (Wildman–Crippen MR) is 94.8 cm³/mol. The van der Waals surface area contributed by atoms with Crippen molar-refractivity contribution in [3.8, 4) is 0 Å². The van der Waals surface area contributed by atoms with E-state index in [2.05, 4.69) is 10.2 Å². The van der Waals surface area contributed by atoms with Crippen LogP contribution < -0.4 is 5.32 Å². The molecule has 1 atom stereocenters. The van der Waals surface area contributed by atoms with E-state index >= 15 is 0 Å². The summed E-state index contributed by atoms with van der Waals surface area (Å²) in [6.07, 6.45) is 9.59. The highest BCUT2D eigenvalue weighted by atomic mass is 16.5. The highest BCUT2D eigenvalue weighted by Gasteiger charge is 2.51. The standard InChI is InChI=1S/C20H32N2O3/c1-2-25-19(24)17-4-3-5-22(12-17)13-18(23)21-20-9-14-6-15(10-20)8-16(7-14)11-20/h14-17H,2-13H2,1H3,(H,21,23). The van der Waals surface area contributed by atoms with Crippen LogP contribution in [-0.4, -0.2) is 48.6 Å². The Bertz CT molecular complexity index is 498. The van der Waals surface area contributed by atoms with Gasteiger partial charge in [-0.1, -0.05) is 0 Å². The fourth-order valence-corrected chi connectivity index (χ4v) is 6.45. The molecule has 1 unspecified atom stereocenters. The van der Waals surface area contributed by atoms with Gasteiger partial charge in [0.1, 0.15) is 0 Å². The number of piperidine rings is 1. The SMILES string of the molecule is CCOC(=O)C1CCCN(CC(=O)NC23CC4CC(CC(C4)C2)C3)C1. The fraction of sp³-hybridized carbons (Fsp3) is 0.900. The van der Waals surface area contributed by atoms with Gasteiger partial charge in [-0.3, -0.25) is 14.5 Å². The molecular formula is C20H32N2O3. The van der Waals surface area contributed by atoms with Gasteiger partial charge in [0, 0.05) is 12.1 Å². The maximum Gasteiger partial charge on any atom is 0.310 e. The number of esters is 1. The highest BCUT2D eigenvalue weighted by molar-refractivity contribution is 5.79. The molecule has 1 N–H and O–H groups in total. The zero-order valence-corrected chi connectivity index (χ0v) is 15.5. The average molecular weight is 348 g/mol. The Hall–Kier alpha value is -1.10. The zero-order chi connectivity index (χ0) is 17.4. The normalized spacial score (nSPS) is 40.0. The van der Waals surface area contributed by atoms with Crippen LogP contribution in [0.1, 0.15) is 58.3 Å². The van der Waals surface area contributed by atoms with Crippen molar-refractivity contribution in [3.63, 3.8) is 0 Å². The quantitative estimate of drug-likeness (QED) is 0.775. The van der Waals surface area contributed by atoms with Crippen LogP contribution in [0.4, 0.5) is 0 Å². The molecule has 5 rings (SSSR count). The van der Waals surface area contributed by atoms with E-state index in [9.17, 15) is 9.59 Å². The van der Waals surface area contributed by atoms with Crippen LogP contribution in [0.25, 0.3) is 0 Å². The van der Waals surface area contributed by atoms with Crippen molar-refractivity contribution in [1.82, 2.24) is 10.2 Å². The van der Waals surface area contributed by atoms with E-state index in [0.29, 0.717) is 19.7 Å². The molecule has 1 aliphatic heterocycles. The molecule has 0 spiro atoms. The van der Waals surface area contributed by atoms with Crippen LogP contribution in [0.3, 0.4) is 0 Å². The summed E-state index contributed by atoms with van der Waals surface area (Å²) in [4.78, 5) is 26.8. The lowest BCUT2D eigenvalue weighted by Crippen LogP contribution is -2.61. The van der Waals surface area contributed by atoms with Gasteiger partial charge in [-0.2, -0.15) is 0 Å². The topological polar surface area (TPSA) is 58.6 Å². The summed E-state index contributed by atoms with van der Waals surface area (Å²) in [6, 6.07) is 0. The van der Waals surface area contributed by atoms with Crippen LogP contribution in [0.15, 0.2) is 0 Å². The molecule has 4 aliphatic carbocycles. The summed E-state index contributed by atoms with van der Waals surface area (Å²) in [5, 5.41) is 3.44. The molecule has 0 radical (unpaired) electrons. The highest BCUT2D eigenvalue weighted by Crippen LogP contribution is 2.55. The second-order valence-corrected chi connectivity index (χ2v) is 9.07. The number of hydrogen-bond acceptors (Lipinski definition) is 4. The van der Waals surface area contributed by atoms with E-state index in [-0.39, 0.29) is 23.3 Å². The number of ether oxygens (including phenoxy) is 1. The van der Waals surface area contributed by atoms with Crippen molar-refractivity contribution in [3.05, 3.63) is 0 Å². The minimum Gasteiger partial charge on any atom is -0.466 e. The summed E-state index contributed by atoms with van der Waals surface area (Å²) >= 11 is 0. The Morgan fingerprint density at radius 3 is 2.36 bits per heavy atom. The van der Waals surface area contributed by atoms with E-state index in [1.807, 2.05) is 6.92 Å². The van der Waals surface area contributed by atoms with Crippen LogP contribution in [0, 0.1) is 23.7 Å². The van der Waals surface area contributed by atoms with E-state index in [1.54, 1.807) is 0 Å². The number of amides is 1. The molecule has 5 nitrogen and oxygen atoms in total. The first-order valence-electron chi connectivity index (χ1n) is 10.3. The van der Waals surface area contributed by atoms with E-state index in [1.165, 1.54) is 38.5 Å². The van der Waals surface area contributed by atoms with Crippen molar-refractivity contribution in [2.75, 3.05) is 26.2 Å². The average Bonchev–Trinajstić information content (AvgIpc) is 2.53. The van der Waals surface area contributed by atoms with E-state index in [0.717, 1.165) is 37.1 Å². The third kappa shape index (κ3) is 3.71. The Morgan fingerprint density at radius 2 is 1.76 bits per heavy atom. The number of carbonyl (C=O) groups excluding carboxylic acids is 2. The van der Waals surface area contributed by atoms with Crippen molar-refractivity contribution < 1.29 is 14.3 Å². The smallest absolute Gasteiger partial charge is 0.310 e. The Balaban J connectivity index is 1.31. The number of likely N-dealkylation sites (tertiary alicyclic amines) is 1. The first-order valence-corrected chi connectivity index (χ1v) is 10.3. The molecule has 5 fully saturated rings. The van der Waals surface area contributed by atoms with Crippen molar-refractivity contribution in [2.45, 2.75) is 63.8 Å². The molecular weight excluding hydrogens is 316 g/mol. The van der Waals surface area contributed by atoms with Gasteiger partial charge in [-0.15, -0.1) is 0 Å². The lowest BCUT2D eigenvalue weighted by molar-refractivity contribution is -0.150. The van der Waals surface area contributed by atoms with Gasteiger partial charge in [0.15, 0.2) is 0 Å². The molecule has 5 aliphatic rings. The number of nitrogens with zero attached hydrogens (tertiary/aromatic N) is 1. The lowest BCUT2D eigenvalue weighted by atomic mass is 9.53. The molecule has 4 bridgehead atoms. The maximum atomic E-state index is 12.7. The summed E-state index contributed by atoms with van der Waals surface area (Å²) in [6.45, 7) is 4.27. The lowest BCUT2D eigenvalue weighted by Gasteiger charge is -2.57. The van der Waals surface area contributed by atoms with Gasteiger partial charge in [-0.25, -0.2) is 0 Å². The van der Waals surface area contributed by atoms with Gasteiger partial charge < -0.3 is 10.1 Å². The minimum absolute atomic E-state index is 0.0685. The van der Waals surface area contributed by atoms with Crippen LogP contribution in [0.2, 0.25) is 0 Å². The molecule has 4 saturated carbocycles. The molecule has 140 valence electrons. The molecule has 0 aromatic rings. The number of carbonyl (C=O) groups is 2. The van der Waals surface area contributed by atoms with Crippen molar-refractivity contribution in [2.24, 2.45) is 23.7 Å². The first-order chi connectivity index (χ1) is 12.0. The molecule has 0 aromatic heterocycles. The number of rotatable bonds is 5. The summed E-state index contributed by atoms with van der Waals surface area (Å²) in [5.41, 5.74) is 0.0855. The van der Waals surface area contributed by atoms with Crippen LogP contribution in [0.5, 0.6) is 0 Å². The summed E-state index contributed by atoms with van der Waals surface area (Å²) in [5.74, 6) is 2.51. The zero-order valence-electron chi connectivity index (χ0n) is 15.5. The predicted octanol–water partition coefficient (Wildman–Crippen LogP) is 2.35. The van der Waals surface area contributed by atoms with Gasteiger partial charge in [0.2, 0.25) is 5.91 Å². The maximum absolute atomic E-state index is 12.7. The fourth-order valence-electron chi connectivity index (χ4n) is 6.45. The first kappa shape index (κ1) is 17.3. The van der Waals surface area contributed by atoms with Gasteiger partial charge in [0.05, 0.1) is 19.1 Å². The van der Waals surface area contributed by atoms with Crippen molar-refractivity contribution in [1.29, 1.82) is 0 Å². The summed E-state index contributed by atoms with van der Waals surface area (Å²) in [7, 11) is 0. The van der Waals surface area contributed by atoms with Gasteiger partial charge in [0.25, 0.3) is 0 Å². The number of nitrogens with one attached hydrogen (secondary N) is 1. The Kier molecular flexibility index (Phi) is 4.78. The number of hydrogen-bond donors (Lipinski definition) is 1. The monoisotopic (exact) mass is 348 g/mol. The summed E-state index contributed by atoms with van der Waals surface area (Å²) < 4.78 is 5.16. The third-order valence-electron chi connectivity index (χ3n) is 6.94. The molecule has 1 saturated heterocycles. The van der Waals surface area contributed by atoms with Crippen LogP contribution in [-0.2, 0) is 14.3 Å². The van der Waals surface area contributed by atoms with E-state index < -0.39 is 0 Å². The molecule has 25 heavy (non-hydrogen) atoms. The second kappa shape index (κ2) is 6.90. The minimum atomic E-state index is -0.103. The molecule has 5 heteroatoms. The Morgan fingerprint density at radius 1 is 1.12 bits per heavy atom. The Labute approximate surface area is 150 Å². The molecule has 1 amide bonds. The third-order valence-corrected chi connectivity index (χ3v) is 6.94. The largest absolute Gasteiger partial charge is 0.466 e. The molecule has 1 heterocycles. The van der Waals surface area contributed by atoms with Gasteiger partial charge >= 0.3 is 5.97 Å². The van der Waals surface area contributed by atoms with Crippen LogP contribution >= 0.6 is 0 Å².